The van der Waals surface area contributed by atoms with Gasteiger partial charge in [-0.25, -0.2) is 0 Å². The Balaban J connectivity index is 2.54. The number of nitrogens with one attached hydrogen (secondary N) is 1. The number of benzene rings is 1. The van der Waals surface area contributed by atoms with Gasteiger partial charge in [-0.15, -0.1) is 0 Å². The molecule has 0 bridgehead atoms. The molecule has 1 N–H and O–H groups in total. The minimum absolute atomic E-state index is 0.0373. The second kappa shape index (κ2) is 7.53. The van der Waals surface area contributed by atoms with E-state index in [1.54, 1.807) is 6.07 Å². The fourth-order valence-corrected chi connectivity index (χ4v) is 1.53. The standard InChI is InChI=1S/C14H20N2O3/c1-4-7-15-9-11(2)10-19-14-8-13(16(17)18)6-5-12(14)3/h5-6,8,15H,2,4,7,9-10H2,1,3H3. The van der Waals surface area contributed by atoms with E-state index in [9.17, 15) is 10.1 Å². The molecule has 0 amide bonds. The van der Waals surface area contributed by atoms with Crippen LogP contribution in [0, 0.1) is 17.0 Å². The van der Waals surface area contributed by atoms with Gasteiger partial charge >= 0.3 is 0 Å². The molecule has 0 aliphatic heterocycles. The molecule has 0 unspecified atom stereocenters. The van der Waals surface area contributed by atoms with E-state index in [2.05, 4.69) is 18.8 Å². The fraction of sp³-hybridized carbons (Fsp3) is 0.429. The predicted molar refractivity (Wildman–Crippen MR) is 75.6 cm³/mol. The lowest BCUT2D eigenvalue weighted by atomic mass is 10.2. The van der Waals surface area contributed by atoms with E-state index in [-0.39, 0.29) is 5.69 Å². The van der Waals surface area contributed by atoms with Gasteiger partial charge < -0.3 is 10.1 Å². The molecular weight excluding hydrogens is 244 g/mol. The number of hydrogen-bond donors (Lipinski definition) is 1. The zero-order valence-corrected chi connectivity index (χ0v) is 11.4. The summed E-state index contributed by atoms with van der Waals surface area (Å²) >= 11 is 0. The molecule has 104 valence electrons. The predicted octanol–water partition coefficient (Wildman–Crippen LogP) is 2.84. The molecule has 0 aliphatic carbocycles. The third kappa shape index (κ3) is 5.09. The highest BCUT2D eigenvalue weighted by Crippen LogP contribution is 2.24. The summed E-state index contributed by atoms with van der Waals surface area (Å²) in [6.07, 6.45) is 1.07. The summed E-state index contributed by atoms with van der Waals surface area (Å²) < 4.78 is 5.58. The van der Waals surface area contributed by atoms with Crippen LogP contribution >= 0.6 is 0 Å². The summed E-state index contributed by atoms with van der Waals surface area (Å²) in [6.45, 7) is 9.86. The van der Waals surface area contributed by atoms with Crippen molar-refractivity contribution >= 4 is 5.69 Å². The van der Waals surface area contributed by atoms with Crippen LogP contribution in [0.25, 0.3) is 0 Å². The Morgan fingerprint density at radius 1 is 1.53 bits per heavy atom. The SMILES string of the molecule is C=C(CNCCC)COc1cc([N+](=O)[O-])ccc1C. The molecule has 5 heteroatoms. The van der Waals surface area contributed by atoms with Gasteiger partial charge in [-0.1, -0.05) is 13.5 Å². The Morgan fingerprint density at radius 3 is 2.89 bits per heavy atom. The molecule has 19 heavy (non-hydrogen) atoms. The van der Waals surface area contributed by atoms with Crippen LogP contribution < -0.4 is 10.1 Å². The zero-order chi connectivity index (χ0) is 14.3. The van der Waals surface area contributed by atoms with Crippen LogP contribution in [0.15, 0.2) is 30.4 Å². The van der Waals surface area contributed by atoms with Gasteiger partial charge in [-0.3, -0.25) is 10.1 Å². The summed E-state index contributed by atoms with van der Waals surface area (Å²) in [5.41, 5.74) is 1.83. The summed E-state index contributed by atoms with van der Waals surface area (Å²) in [5, 5.41) is 13.9. The van der Waals surface area contributed by atoms with Crippen LogP contribution in [0.3, 0.4) is 0 Å². The quantitative estimate of drug-likeness (QED) is 0.339. The van der Waals surface area contributed by atoms with E-state index in [4.69, 9.17) is 4.74 Å². The van der Waals surface area contributed by atoms with Crippen molar-refractivity contribution in [3.05, 3.63) is 46.0 Å². The van der Waals surface area contributed by atoms with Crippen molar-refractivity contribution < 1.29 is 9.66 Å². The van der Waals surface area contributed by atoms with Crippen molar-refractivity contribution in [3.8, 4) is 5.75 Å². The van der Waals surface area contributed by atoms with Crippen LogP contribution in [0.4, 0.5) is 5.69 Å². The number of ether oxygens (including phenoxy) is 1. The first-order valence-corrected chi connectivity index (χ1v) is 6.29. The van der Waals surface area contributed by atoms with Crippen LogP contribution in [-0.4, -0.2) is 24.6 Å². The second-order valence-corrected chi connectivity index (χ2v) is 4.42. The summed E-state index contributed by atoms with van der Waals surface area (Å²) in [6, 6.07) is 4.60. The van der Waals surface area contributed by atoms with Crippen molar-refractivity contribution in [2.45, 2.75) is 20.3 Å². The number of hydrogen-bond acceptors (Lipinski definition) is 4. The first kappa shape index (κ1) is 15.2. The molecule has 0 saturated carbocycles. The van der Waals surface area contributed by atoms with Gasteiger partial charge in [0.1, 0.15) is 12.4 Å². The smallest absolute Gasteiger partial charge is 0.273 e. The number of nitro benzene ring substituents is 1. The highest BCUT2D eigenvalue weighted by atomic mass is 16.6. The minimum atomic E-state index is -0.427. The lowest BCUT2D eigenvalue weighted by molar-refractivity contribution is -0.384. The van der Waals surface area contributed by atoms with E-state index in [0.29, 0.717) is 18.9 Å². The van der Waals surface area contributed by atoms with Crippen molar-refractivity contribution in [3.63, 3.8) is 0 Å². The summed E-state index contributed by atoms with van der Waals surface area (Å²) in [5.74, 6) is 0.533. The summed E-state index contributed by atoms with van der Waals surface area (Å²) in [7, 11) is 0. The maximum Gasteiger partial charge on any atom is 0.273 e. The van der Waals surface area contributed by atoms with Crippen molar-refractivity contribution in [2.75, 3.05) is 19.7 Å². The second-order valence-electron chi connectivity index (χ2n) is 4.42. The molecule has 0 fully saturated rings. The average molecular weight is 264 g/mol. The molecule has 0 saturated heterocycles. The van der Waals surface area contributed by atoms with Crippen LogP contribution in [0.5, 0.6) is 5.75 Å². The maximum absolute atomic E-state index is 10.7. The van der Waals surface area contributed by atoms with E-state index in [1.165, 1.54) is 12.1 Å². The fourth-order valence-electron chi connectivity index (χ4n) is 1.53. The molecular formula is C14H20N2O3. The third-order valence-electron chi connectivity index (χ3n) is 2.62. The Hall–Kier alpha value is -1.88. The molecule has 1 rings (SSSR count). The van der Waals surface area contributed by atoms with Gasteiger partial charge in [-0.2, -0.15) is 0 Å². The topological polar surface area (TPSA) is 64.4 Å². The van der Waals surface area contributed by atoms with Gasteiger partial charge in [0.15, 0.2) is 0 Å². The lowest BCUT2D eigenvalue weighted by Crippen LogP contribution is -2.20. The zero-order valence-electron chi connectivity index (χ0n) is 11.4. The molecule has 0 aromatic heterocycles. The van der Waals surface area contributed by atoms with Crippen LogP contribution in [0.2, 0.25) is 0 Å². The largest absolute Gasteiger partial charge is 0.489 e. The van der Waals surface area contributed by atoms with Gasteiger partial charge in [-0.05, 0) is 37.1 Å². The number of aryl methyl sites for hydroxylation is 1. The Kier molecular flexibility index (Phi) is 6.02. The maximum atomic E-state index is 10.7. The van der Waals surface area contributed by atoms with Gasteiger partial charge in [0.2, 0.25) is 0 Å². The van der Waals surface area contributed by atoms with Gasteiger partial charge in [0.05, 0.1) is 11.0 Å². The lowest BCUT2D eigenvalue weighted by Gasteiger charge is -2.11. The third-order valence-corrected chi connectivity index (χ3v) is 2.62. The highest BCUT2D eigenvalue weighted by Gasteiger charge is 2.09. The number of non-ortho nitro benzene ring substituents is 1. The number of rotatable bonds is 8. The molecule has 0 spiro atoms. The van der Waals surface area contributed by atoms with Gasteiger partial charge in [0, 0.05) is 12.6 Å². The molecule has 0 heterocycles. The Labute approximate surface area is 113 Å². The number of nitro groups is 1. The van der Waals surface area contributed by atoms with Crippen molar-refractivity contribution in [2.24, 2.45) is 0 Å². The minimum Gasteiger partial charge on any atom is -0.489 e. The van der Waals surface area contributed by atoms with Gasteiger partial charge in [0.25, 0.3) is 5.69 Å². The summed E-state index contributed by atoms with van der Waals surface area (Å²) in [4.78, 5) is 10.3. The van der Waals surface area contributed by atoms with E-state index < -0.39 is 4.92 Å². The number of nitrogens with zero attached hydrogens (tertiary/aromatic N) is 1. The Morgan fingerprint density at radius 2 is 2.26 bits per heavy atom. The van der Waals surface area contributed by atoms with Crippen molar-refractivity contribution in [1.29, 1.82) is 0 Å². The average Bonchev–Trinajstić information content (AvgIpc) is 2.37. The normalized spacial score (nSPS) is 10.2. The van der Waals surface area contributed by atoms with E-state index in [0.717, 1.165) is 24.1 Å². The molecule has 1 aromatic rings. The monoisotopic (exact) mass is 264 g/mol. The molecule has 0 atom stereocenters. The van der Waals surface area contributed by atoms with E-state index >= 15 is 0 Å². The first-order chi connectivity index (χ1) is 9.04. The molecule has 1 aromatic carbocycles. The first-order valence-electron chi connectivity index (χ1n) is 6.29. The van der Waals surface area contributed by atoms with Crippen LogP contribution in [-0.2, 0) is 0 Å². The van der Waals surface area contributed by atoms with Crippen LogP contribution in [0.1, 0.15) is 18.9 Å². The Bertz CT molecular complexity index is 458. The molecule has 0 radical (unpaired) electrons. The molecule has 5 nitrogen and oxygen atoms in total. The van der Waals surface area contributed by atoms with E-state index in [1.807, 2.05) is 6.92 Å². The van der Waals surface area contributed by atoms with Crippen molar-refractivity contribution in [1.82, 2.24) is 5.32 Å². The molecule has 0 aliphatic rings. The highest BCUT2D eigenvalue weighted by molar-refractivity contribution is 5.43.